The number of rotatable bonds is 7. The van der Waals surface area contributed by atoms with Crippen molar-refractivity contribution in [3.05, 3.63) is 89.5 Å². The number of anilines is 3. The van der Waals surface area contributed by atoms with Gasteiger partial charge in [-0.3, -0.25) is 4.79 Å². The molecule has 0 bridgehead atoms. The van der Waals surface area contributed by atoms with Crippen LogP contribution in [0.5, 0.6) is 5.75 Å². The SMILES string of the molecule is COc1cccc(C(=O)Nc2nc3ccc(N(C)C)cc3c(NCc3ccccc3)c2C#N)c1. The van der Waals surface area contributed by atoms with E-state index >= 15 is 0 Å². The van der Waals surface area contributed by atoms with E-state index in [2.05, 4.69) is 21.7 Å². The van der Waals surface area contributed by atoms with Gasteiger partial charge < -0.3 is 20.3 Å². The van der Waals surface area contributed by atoms with Crippen LogP contribution in [0.25, 0.3) is 10.9 Å². The highest BCUT2D eigenvalue weighted by Crippen LogP contribution is 2.34. The summed E-state index contributed by atoms with van der Waals surface area (Å²) in [7, 11) is 5.46. The average molecular weight is 452 g/mol. The summed E-state index contributed by atoms with van der Waals surface area (Å²) in [5, 5.41) is 17.1. The number of carbonyl (C=O) groups is 1. The number of hydrogen-bond donors (Lipinski definition) is 2. The summed E-state index contributed by atoms with van der Waals surface area (Å²) in [6.45, 7) is 0.518. The Morgan fingerprint density at radius 1 is 1.06 bits per heavy atom. The van der Waals surface area contributed by atoms with Gasteiger partial charge in [0, 0.05) is 37.3 Å². The minimum atomic E-state index is -0.374. The Hall–Kier alpha value is -4.57. The number of ether oxygens (including phenoxy) is 1. The van der Waals surface area contributed by atoms with Crippen LogP contribution < -0.4 is 20.3 Å². The van der Waals surface area contributed by atoms with Gasteiger partial charge in [-0.1, -0.05) is 36.4 Å². The van der Waals surface area contributed by atoms with Crippen LogP contribution >= 0.6 is 0 Å². The van der Waals surface area contributed by atoms with Crippen LogP contribution in [0.3, 0.4) is 0 Å². The van der Waals surface area contributed by atoms with Gasteiger partial charge in [-0.15, -0.1) is 0 Å². The van der Waals surface area contributed by atoms with Crippen LogP contribution in [0.15, 0.2) is 72.8 Å². The van der Waals surface area contributed by atoms with Crippen LogP contribution in [-0.4, -0.2) is 32.1 Å². The summed E-state index contributed by atoms with van der Waals surface area (Å²) in [5.74, 6) is 0.401. The molecule has 0 aliphatic heterocycles. The zero-order valence-corrected chi connectivity index (χ0v) is 19.3. The van der Waals surface area contributed by atoms with E-state index in [1.165, 1.54) is 0 Å². The van der Waals surface area contributed by atoms with Crippen molar-refractivity contribution in [2.45, 2.75) is 6.54 Å². The lowest BCUT2D eigenvalue weighted by Crippen LogP contribution is -2.16. The third-order valence-electron chi connectivity index (χ3n) is 5.47. The number of fused-ring (bicyclic) bond motifs is 1. The van der Waals surface area contributed by atoms with Crippen molar-refractivity contribution >= 4 is 34.0 Å². The molecule has 170 valence electrons. The molecule has 0 aliphatic rings. The number of pyridine rings is 1. The molecule has 0 spiro atoms. The van der Waals surface area contributed by atoms with E-state index in [1.807, 2.05) is 67.5 Å². The Bertz CT molecular complexity index is 1380. The summed E-state index contributed by atoms with van der Waals surface area (Å²) in [6.07, 6.45) is 0. The average Bonchev–Trinajstić information content (AvgIpc) is 2.87. The molecule has 7 nitrogen and oxygen atoms in total. The monoisotopic (exact) mass is 451 g/mol. The Balaban J connectivity index is 1.79. The van der Waals surface area contributed by atoms with Crippen LogP contribution in [0.2, 0.25) is 0 Å². The molecule has 0 saturated heterocycles. The molecule has 0 saturated carbocycles. The topological polar surface area (TPSA) is 90.3 Å². The van der Waals surface area contributed by atoms with E-state index in [4.69, 9.17) is 4.74 Å². The first-order valence-corrected chi connectivity index (χ1v) is 10.8. The fourth-order valence-corrected chi connectivity index (χ4v) is 3.64. The summed E-state index contributed by atoms with van der Waals surface area (Å²) in [5.41, 5.74) is 4.03. The first-order valence-electron chi connectivity index (χ1n) is 10.8. The van der Waals surface area contributed by atoms with Crippen molar-refractivity contribution in [1.29, 1.82) is 5.26 Å². The number of nitrogens with one attached hydrogen (secondary N) is 2. The van der Waals surface area contributed by atoms with Crippen molar-refractivity contribution < 1.29 is 9.53 Å². The van der Waals surface area contributed by atoms with Gasteiger partial charge in [0.15, 0.2) is 5.82 Å². The predicted molar refractivity (Wildman–Crippen MR) is 136 cm³/mol. The molecule has 34 heavy (non-hydrogen) atoms. The minimum Gasteiger partial charge on any atom is -0.497 e. The molecule has 0 unspecified atom stereocenters. The second kappa shape index (κ2) is 9.92. The molecule has 3 aromatic carbocycles. The molecular weight excluding hydrogens is 426 g/mol. The van der Waals surface area contributed by atoms with Gasteiger partial charge in [0.1, 0.15) is 17.4 Å². The first kappa shape index (κ1) is 22.6. The molecule has 0 radical (unpaired) electrons. The van der Waals surface area contributed by atoms with Crippen molar-refractivity contribution in [3.63, 3.8) is 0 Å². The second-order valence-electron chi connectivity index (χ2n) is 7.94. The maximum atomic E-state index is 13.0. The van der Waals surface area contributed by atoms with Gasteiger partial charge in [0.2, 0.25) is 0 Å². The number of hydrogen-bond acceptors (Lipinski definition) is 6. The molecule has 2 N–H and O–H groups in total. The van der Waals surface area contributed by atoms with Crippen LogP contribution in [0, 0.1) is 11.3 Å². The maximum Gasteiger partial charge on any atom is 0.256 e. The van der Waals surface area contributed by atoms with E-state index in [9.17, 15) is 10.1 Å². The third-order valence-corrected chi connectivity index (χ3v) is 5.47. The number of amides is 1. The Morgan fingerprint density at radius 2 is 1.85 bits per heavy atom. The standard InChI is InChI=1S/C27H25N5O2/c1-32(2)20-12-13-24-22(15-20)25(29-17-18-8-5-4-6-9-18)23(16-28)26(30-24)31-27(33)19-10-7-11-21(14-19)34-3/h4-15H,17H2,1-3H3,(H2,29,30,31,33). The highest BCUT2D eigenvalue weighted by Gasteiger charge is 2.19. The summed E-state index contributed by atoms with van der Waals surface area (Å²) in [4.78, 5) is 19.6. The molecule has 1 heterocycles. The molecule has 7 heteroatoms. The van der Waals surface area contributed by atoms with Crippen LogP contribution in [0.4, 0.5) is 17.2 Å². The molecule has 0 fully saturated rings. The molecular formula is C27H25N5O2. The third kappa shape index (κ3) is 4.76. The number of nitrogens with zero attached hydrogens (tertiary/aromatic N) is 3. The zero-order valence-electron chi connectivity index (χ0n) is 19.3. The van der Waals surface area contributed by atoms with Crippen LogP contribution in [-0.2, 0) is 6.54 Å². The molecule has 1 amide bonds. The fourth-order valence-electron chi connectivity index (χ4n) is 3.64. The molecule has 0 atom stereocenters. The first-order chi connectivity index (χ1) is 16.5. The predicted octanol–water partition coefficient (Wildman–Crippen LogP) is 5.05. The van der Waals surface area contributed by atoms with Crippen molar-refractivity contribution in [2.75, 3.05) is 36.7 Å². The zero-order chi connectivity index (χ0) is 24.1. The lowest BCUT2D eigenvalue weighted by Gasteiger charge is -2.18. The van der Waals surface area contributed by atoms with E-state index in [0.717, 1.165) is 16.6 Å². The number of benzene rings is 3. The van der Waals surface area contributed by atoms with E-state index in [-0.39, 0.29) is 17.3 Å². The lowest BCUT2D eigenvalue weighted by molar-refractivity contribution is 0.102. The van der Waals surface area contributed by atoms with Gasteiger partial charge in [-0.05, 0) is 42.0 Å². The van der Waals surface area contributed by atoms with E-state index < -0.39 is 0 Å². The smallest absolute Gasteiger partial charge is 0.256 e. The summed E-state index contributed by atoms with van der Waals surface area (Å²) < 4.78 is 5.22. The van der Waals surface area contributed by atoms with Crippen LogP contribution in [0.1, 0.15) is 21.5 Å². The Kier molecular flexibility index (Phi) is 6.60. The van der Waals surface area contributed by atoms with E-state index in [1.54, 1.807) is 31.4 Å². The summed E-state index contributed by atoms with van der Waals surface area (Å²) in [6, 6.07) is 24.8. The Labute approximate surface area is 198 Å². The van der Waals surface area contributed by atoms with Crippen molar-refractivity contribution in [3.8, 4) is 11.8 Å². The van der Waals surface area contributed by atoms with Gasteiger partial charge in [0.05, 0.1) is 18.3 Å². The van der Waals surface area contributed by atoms with Gasteiger partial charge in [-0.2, -0.15) is 5.26 Å². The normalized spacial score (nSPS) is 10.4. The summed E-state index contributed by atoms with van der Waals surface area (Å²) >= 11 is 0. The molecule has 4 rings (SSSR count). The maximum absolute atomic E-state index is 13.0. The van der Waals surface area contributed by atoms with Crippen molar-refractivity contribution in [1.82, 2.24) is 4.98 Å². The quantitative estimate of drug-likeness (QED) is 0.409. The minimum absolute atomic E-state index is 0.205. The number of methoxy groups -OCH3 is 1. The Morgan fingerprint density at radius 3 is 2.56 bits per heavy atom. The number of nitriles is 1. The highest BCUT2D eigenvalue weighted by molar-refractivity contribution is 6.07. The number of aromatic nitrogens is 1. The molecule has 4 aromatic rings. The number of carbonyl (C=O) groups excluding carboxylic acids is 1. The fraction of sp³-hybridized carbons (Fsp3) is 0.148. The van der Waals surface area contributed by atoms with E-state index in [0.29, 0.717) is 29.1 Å². The van der Waals surface area contributed by atoms with Gasteiger partial charge in [0.25, 0.3) is 5.91 Å². The highest BCUT2D eigenvalue weighted by atomic mass is 16.5. The second-order valence-corrected chi connectivity index (χ2v) is 7.94. The van der Waals surface area contributed by atoms with Crippen molar-refractivity contribution in [2.24, 2.45) is 0 Å². The van der Waals surface area contributed by atoms with Gasteiger partial charge >= 0.3 is 0 Å². The largest absolute Gasteiger partial charge is 0.497 e. The molecule has 0 aliphatic carbocycles. The van der Waals surface area contributed by atoms with Gasteiger partial charge in [-0.25, -0.2) is 4.98 Å². The lowest BCUT2D eigenvalue weighted by atomic mass is 10.1. The molecule has 1 aromatic heterocycles.